The molecule has 1 aromatic carbocycles. The first kappa shape index (κ1) is 13.9. The second kappa shape index (κ2) is 6.59. The van der Waals surface area contributed by atoms with E-state index < -0.39 is 0 Å². The van der Waals surface area contributed by atoms with Gasteiger partial charge in [-0.3, -0.25) is 4.90 Å². The minimum absolute atomic E-state index is 0.168. The highest BCUT2D eigenvalue weighted by Gasteiger charge is 2.20. The molecule has 0 aromatic heterocycles. The lowest BCUT2D eigenvalue weighted by atomic mass is 10.0. The van der Waals surface area contributed by atoms with Crippen LogP contribution in [0.4, 0.5) is 0 Å². The Balaban J connectivity index is 2.22. The maximum absolute atomic E-state index is 9.76. The zero-order valence-corrected chi connectivity index (χ0v) is 11.4. The summed E-state index contributed by atoms with van der Waals surface area (Å²) in [6.45, 7) is 10.4. The van der Waals surface area contributed by atoms with Gasteiger partial charge in [-0.2, -0.15) is 0 Å². The van der Waals surface area contributed by atoms with Crippen LogP contribution in [0.5, 0.6) is 11.5 Å². The van der Waals surface area contributed by atoms with Crippen molar-refractivity contribution in [2.75, 3.05) is 32.8 Å². The maximum Gasteiger partial charge on any atom is 0.161 e. The van der Waals surface area contributed by atoms with Gasteiger partial charge in [-0.05, 0) is 24.6 Å². The summed E-state index contributed by atoms with van der Waals surface area (Å²) >= 11 is 0. The first-order valence-electron chi connectivity index (χ1n) is 6.79. The molecular weight excluding hydrogens is 240 g/mol. The Bertz CT molecular complexity index is 428. The molecule has 4 heteroatoms. The highest BCUT2D eigenvalue weighted by molar-refractivity contribution is 5.43. The van der Waals surface area contributed by atoms with Crippen molar-refractivity contribution in [1.82, 2.24) is 10.2 Å². The Kier molecular flexibility index (Phi) is 4.82. The van der Waals surface area contributed by atoms with E-state index in [9.17, 15) is 5.11 Å². The average molecular weight is 262 g/mol. The molecular formula is C15H22N2O2. The second-order valence-electron chi connectivity index (χ2n) is 4.63. The van der Waals surface area contributed by atoms with Crippen LogP contribution in [0.25, 0.3) is 0 Å². The molecule has 0 amide bonds. The third-order valence-electron chi connectivity index (χ3n) is 3.39. The molecule has 1 aliphatic rings. The Morgan fingerprint density at radius 1 is 1.47 bits per heavy atom. The minimum Gasteiger partial charge on any atom is -0.504 e. The van der Waals surface area contributed by atoms with E-state index in [1.54, 1.807) is 6.07 Å². The van der Waals surface area contributed by atoms with Crippen LogP contribution in [0.15, 0.2) is 30.9 Å². The standard InChI is InChI=1S/C15H22N2O2/c1-3-13(17-9-7-16-8-10-17)12-5-6-14(18)15(11-12)19-4-2/h3,5-6,11,13,16,18H,1,4,7-10H2,2H3/t13-/m1/s1. The molecule has 0 unspecified atom stereocenters. The van der Waals surface area contributed by atoms with Crippen molar-refractivity contribution in [3.8, 4) is 11.5 Å². The van der Waals surface area contributed by atoms with E-state index in [1.807, 2.05) is 25.1 Å². The number of nitrogens with one attached hydrogen (secondary N) is 1. The quantitative estimate of drug-likeness (QED) is 0.796. The van der Waals surface area contributed by atoms with Gasteiger partial charge in [0.05, 0.1) is 12.6 Å². The summed E-state index contributed by atoms with van der Waals surface area (Å²) in [7, 11) is 0. The predicted molar refractivity (Wildman–Crippen MR) is 76.7 cm³/mol. The molecule has 4 nitrogen and oxygen atoms in total. The third-order valence-corrected chi connectivity index (χ3v) is 3.39. The number of phenols is 1. The summed E-state index contributed by atoms with van der Waals surface area (Å²) in [6.07, 6.45) is 1.95. The fourth-order valence-electron chi connectivity index (χ4n) is 2.44. The fraction of sp³-hybridized carbons (Fsp3) is 0.467. The van der Waals surface area contributed by atoms with E-state index >= 15 is 0 Å². The van der Waals surface area contributed by atoms with Crippen LogP contribution in [-0.4, -0.2) is 42.8 Å². The normalized spacial score (nSPS) is 17.9. The van der Waals surface area contributed by atoms with Gasteiger partial charge in [0.2, 0.25) is 0 Å². The van der Waals surface area contributed by atoms with Crippen molar-refractivity contribution in [3.05, 3.63) is 36.4 Å². The van der Waals surface area contributed by atoms with E-state index in [1.165, 1.54) is 0 Å². The number of rotatable bonds is 5. The van der Waals surface area contributed by atoms with Gasteiger partial charge in [-0.25, -0.2) is 0 Å². The summed E-state index contributed by atoms with van der Waals surface area (Å²) < 4.78 is 5.44. The summed E-state index contributed by atoms with van der Waals surface area (Å²) in [5.41, 5.74) is 1.11. The molecule has 0 spiro atoms. The molecule has 0 saturated carbocycles. The molecule has 104 valence electrons. The third kappa shape index (κ3) is 3.28. The Labute approximate surface area is 114 Å². The minimum atomic E-state index is 0.168. The Morgan fingerprint density at radius 2 is 2.21 bits per heavy atom. The van der Waals surface area contributed by atoms with Crippen LogP contribution < -0.4 is 10.1 Å². The van der Waals surface area contributed by atoms with Crippen LogP contribution in [0.1, 0.15) is 18.5 Å². The van der Waals surface area contributed by atoms with Gasteiger partial charge in [-0.15, -0.1) is 6.58 Å². The van der Waals surface area contributed by atoms with Crippen molar-refractivity contribution >= 4 is 0 Å². The van der Waals surface area contributed by atoms with Gasteiger partial charge in [0.1, 0.15) is 0 Å². The van der Waals surface area contributed by atoms with Gasteiger partial charge in [-0.1, -0.05) is 12.1 Å². The lowest BCUT2D eigenvalue weighted by Crippen LogP contribution is -2.44. The zero-order chi connectivity index (χ0) is 13.7. The number of phenolic OH excluding ortho intramolecular Hbond substituents is 1. The highest BCUT2D eigenvalue weighted by atomic mass is 16.5. The second-order valence-corrected chi connectivity index (χ2v) is 4.63. The van der Waals surface area contributed by atoms with Crippen molar-refractivity contribution < 1.29 is 9.84 Å². The van der Waals surface area contributed by atoms with Gasteiger partial charge in [0.15, 0.2) is 11.5 Å². The molecule has 1 atom stereocenters. The van der Waals surface area contributed by atoms with Gasteiger partial charge < -0.3 is 15.2 Å². The largest absolute Gasteiger partial charge is 0.504 e. The SMILES string of the molecule is C=C[C@H](c1ccc(O)c(OCC)c1)N1CCNCC1. The topological polar surface area (TPSA) is 44.7 Å². The number of nitrogens with zero attached hydrogens (tertiary/aromatic N) is 1. The first-order chi connectivity index (χ1) is 9.26. The predicted octanol–water partition coefficient (Wildman–Crippen LogP) is 1.92. The van der Waals surface area contributed by atoms with Gasteiger partial charge in [0, 0.05) is 26.2 Å². The molecule has 1 aromatic rings. The molecule has 2 rings (SSSR count). The molecule has 0 bridgehead atoms. The number of hydrogen-bond acceptors (Lipinski definition) is 4. The molecule has 2 N–H and O–H groups in total. The van der Waals surface area contributed by atoms with E-state index in [-0.39, 0.29) is 11.8 Å². The van der Waals surface area contributed by atoms with E-state index in [4.69, 9.17) is 4.74 Å². The average Bonchev–Trinajstić information content (AvgIpc) is 2.44. The first-order valence-corrected chi connectivity index (χ1v) is 6.79. The number of hydrogen-bond donors (Lipinski definition) is 2. The van der Waals surface area contributed by atoms with E-state index in [2.05, 4.69) is 16.8 Å². The van der Waals surface area contributed by atoms with Crippen LogP contribution in [-0.2, 0) is 0 Å². The van der Waals surface area contributed by atoms with Gasteiger partial charge in [0.25, 0.3) is 0 Å². The van der Waals surface area contributed by atoms with E-state index in [0.29, 0.717) is 12.4 Å². The lowest BCUT2D eigenvalue weighted by Gasteiger charge is -2.33. The highest BCUT2D eigenvalue weighted by Crippen LogP contribution is 2.31. The van der Waals surface area contributed by atoms with Crippen molar-refractivity contribution in [1.29, 1.82) is 0 Å². The van der Waals surface area contributed by atoms with E-state index in [0.717, 1.165) is 31.7 Å². The van der Waals surface area contributed by atoms with Crippen LogP contribution in [0.2, 0.25) is 0 Å². The molecule has 19 heavy (non-hydrogen) atoms. The Morgan fingerprint density at radius 3 is 2.84 bits per heavy atom. The molecule has 1 fully saturated rings. The Hall–Kier alpha value is -1.52. The van der Waals surface area contributed by atoms with Crippen molar-refractivity contribution in [2.45, 2.75) is 13.0 Å². The molecule has 0 radical (unpaired) electrons. The van der Waals surface area contributed by atoms with Crippen molar-refractivity contribution in [3.63, 3.8) is 0 Å². The molecule has 0 aliphatic carbocycles. The summed E-state index contributed by atoms with van der Waals surface area (Å²) in [5.74, 6) is 0.732. The van der Waals surface area contributed by atoms with Crippen LogP contribution >= 0.6 is 0 Å². The summed E-state index contributed by atoms with van der Waals surface area (Å²) in [5, 5.41) is 13.1. The summed E-state index contributed by atoms with van der Waals surface area (Å²) in [6, 6.07) is 5.71. The lowest BCUT2D eigenvalue weighted by molar-refractivity contribution is 0.203. The number of benzene rings is 1. The van der Waals surface area contributed by atoms with Crippen LogP contribution in [0.3, 0.4) is 0 Å². The number of aromatic hydroxyl groups is 1. The van der Waals surface area contributed by atoms with Gasteiger partial charge >= 0.3 is 0 Å². The van der Waals surface area contributed by atoms with Crippen LogP contribution in [0, 0.1) is 0 Å². The molecule has 1 heterocycles. The van der Waals surface area contributed by atoms with Crippen molar-refractivity contribution in [2.24, 2.45) is 0 Å². The molecule has 1 aliphatic heterocycles. The summed E-state index contributed by atoms with van der Waals surface area (Å²) in [4.78, 5) is 2.38. The monoisotopic (exact) mass is 262 g/mol. The number of ether oxygens (including phenoxy) is 1. The smallest absolute Gasteiger partial charge is 0.161 e. The number of piperazine rings is 1. The fourth-order valence-corrected chi connectivity index (χ4v) is 2.44. The zero-order valence-electron chi connectivity index (χ0n) is 11.4. The molecule has 1 saturated heterocycles. The maximum atomic E-state index is 9.76.